The standard InChI is InChI=1S/C13H19N3O3/c1-2-3-16-7-12(13(17)18)19-11-5-9-8(4-10(11)16)6-14-15-9/h6,10-12H,2-5,7H2,1H3,(H,14,15)(H,17,18)/t10-,11-,12-/m1/s1. The molecule has 19 heavy (non-hydrogen) atoms. The summed E-state index contributed by atoms with van der Waals surface area (Å²) in [6.45, 7) is 3.52. The van der Waals surface area contributed by atoms with Crippen LogP contribution in [0.1, 0.15) is 24.6 Å². The molecule has 0 amide bonds. The summed E-state index contributed by atoms with van der Waals surface area (Å²) < 4.78 is 5.77. The summed E-state index contributed by atoms with van der Waals surface area (Å²) in [5, 5.41) is 16.3. The van der Waals surface area contributed by atoms with Gasteiger partial charge in [-0.3, -0.25) is 10.00 Å². The van der Waals surface area contributed by atoms with Crippen LogP contribution in [0, 0.1) is 0 Å². The Labute approximate surface area is 111 Å². The van der Waals surface area contributed by atoms with Gasteiger partial charge in [-0.05, 0) is 24.9 Å². The van der Waals surface area contributed by atoms with Gasteiger partial charge in [0.25, 0.3) is 0 Å². The summed E-state index contributed by atoms with van der Waals surface area (Å²) in [5.41, 5.74) is 2.32. The molecule has 6 heteroatoms. The number of carbonyl (C=O) groups is 1. The van der Waals surface area contributed by atoms with Gasteiger partial charge in [0.15, 0.2) is 6.10 Å². The molecule has 1 aromatic rings. The van der Waals surface area contributed by atoms with Crippen molar-refractivity contribution in [3.05, 3.63) is 17.5 Å². The average Bonchev–Trinajstić information content (AvgIpc) is 2.83. The first-order valence-electron chi connectivity index (χ1n) is 6.82. The Balaban J connectivity index is 1.84. The van der Waals surface area contributed by atoms with Crippen LogP contribution in [0.2, 0.25) is 0 Å². The normalized spacial score (nSPS) is 30.7. The fraction of sp³-hybridized carbons (Fsp3) is 0.692. The van der Waals surface area contributed by atoms with Gasteiger partial charge in [0.2, 0.25) is 0 Å². The van der Waals surface area contributed by atoms with Crippen molar-refractivity contribution in [2.24, 2.45) is 0 Å². The third-order valence-corrected chi connectivity index (χ3v) is 4.07. The fourth-order valence-electron chi connectivity index (χ4n) is 3.17. The minimum atomic E-state index is -0.866. The molecule has 0 bridgehead atoms. The van der Waals surface area contributed by atoms with Gasteiger partial charge in [0, 0.05) is 24.7 Å². The second-order valence-corrected chi connectivity index (χ2v) is 5.35. The summed E-state index contributed by atoms with van der Waals surface area (Å²) >= 11 is 0. The average molecular weight is 265 g/mol. The van der Waals surface area contributed by atoms with E-state index in [1.807, 2.05) is 6.20 Å². The van der Waals surface area contributed by atoms with Crippen LogP contribution in [0.25, 0.3) is 0 Å². The Morgan fingerprint density at radius 1 is 1.63 bits per heavy atom. The van der Waals surface area contributed by atoms with Crippen LogP contribution in [0.5, 0.6) is 0 Å². The molecule has 1 fully saturated rings. The first-order valence-corrected chi connectivity index (χ1v) is 6.82. The first kappa shape index (κ1) is 12.6. The molecule has 2 N–H and O–H groups in total. The van der Waals surface area contributed by atoms with Crippen LogP contribution < -0.4 is 0 Å². The Morgan fingerprint density at radius 3 is 3.21 bits per heavy atom. The Morgan fingerprint density at radius 2 is 2.47 bits per heavy atom. The quantitative estimate of drug-likeness (QED) is 0.829. The number of hydrogen-bond acceptors (Lipinski definition) is 4. The van der Waals surface area contributed by atoms with Crippen molar-refractivity contribution < 1.29 is 14.6 Å². The van der Waals surface area contributed by atoms with Crippen molar-refractivity contribution in [1.29, 1.82) is 0 Å². The van der Waals surface area contributed by atoms with E-state index in [1.165, 1.54) is 5.56 Å². The van der Waals surface area contributed by atoms with Crippen LogP contribution >= 0.6 is 0 Å². The minimum Gasteiger partial charge on any atom is -0.479 e. The number of H-pyrrole nitrogens is 1. The van der Waals surface area contributed by atoms with Crippen molar-refractivity contribution in [3.8, 4) is 0 Å². The molecule has 1 aliphatic carbocycles. The number of nitrogens with one attached hydrogen (secondary N) is 1. The van der Waals surface area contributed by atoms with E-state index in [9.17, 15) is 9.90 Å². The van der Waals surface area contributed by atoms with Crippen molar-refractivity contribution >= 4 is 5.97 Å². The van der Waals surface area contributed by atoms with Crippen molar-refractivity contribution in [2.75, 3.05) is 13.1 Å². The monoisotopic (exact) mass is 265 g/mol. The Hall–Kier alpha value is -1.40. The number of hydrogen-bond donors (Lipinski definition) is 2. The third kappa shape index (κ3) is 2.26. The van der Waals surface area contributed by atoms with E-state index < -0.39 is 12.1 Å². The first-order chi connectivity index (χ1) is 9.19. The second kappa shape index (κ2) is 4.94. The van der Waals surface area contributed by atoms with E-state index in [0.29, 0.717) is 6.54 Å². The maximum Gasteiger partial charge on any atom is 0.334 e. The van der Waals surface area contributed by atoms with Crippen LogP contribution in [-0.4, -0.2) is 57.5 Å². The zero-order valence-corrected chi connectivity index (χ0v) is 11.0. The van der Waals surface area contributed by atoms with E-state index in [1.54, 1.807) is 0 Å². The summed E-state index contributed by atoms with van der Waals surface area (Å²) in [5.74, 6) is -0.866. The summed E-state index contributed by atoms with van der Waals surface area (Å²) in [6, 6.07) is 0.278. The van der Waals surface area contributed by atoms with Crippen LogP contribution in [0.15, 0.2) is 6.20 Å². The molecule has 1 aliphatic heterocycles. The topological polar surface area (TPSA) is 78.5 Å². The number of nitrogens with zero attached hydrogens (tertiary/aromatic N) is 2. The van der Waals surface area contributed by atoms with Gasteiger partial charge in [0.1, 0.15) is 0 Å². The third-order valence-electron chi connectivity index (χ3n) is 4.07. The van der Waals surface area contributed by atoms with Crippen molar-refractivity contribution in [1.82, 2.24) is 15.1 Å². The molecule has 6 nitrogen and oxygen atoms in total. The van der Waals surface area contributed by atoms with Gasteiger partial charge in [-0.25, -0.2) is 4.79 Å². The summed E-state index contributed by atoms with van der Waals surface area (Å²) in [4.78, 5) is 13.5. The molecule has 2 heterocycles. The number of fused-ring (bicyclic) bond motifs is 2. The lowest BCUT2D eigenvalue weighted by Crippen LogP contribution is -2.59. The van der Waals surface area contributed by atoms with Crippen LogP contribution in [0.3, 0.4) is 0 Å². The molecular weight excluding hydrogens is 246 g/mol. The highest BCUT2D eigenvalue weighted by Gasteiger charge is 2.42. The van der Waals surface area contributed by atoms with Gasteiger partial charge >= 0.3 is 5.97 Å². The molecule has 0 aromatic carbocycles. The molecular formula is C13H19N3O3. The molecule has 2 aliphatic rings. The molecule has 0 unspecified atom stereocenters. The smallest absolute Gasteiger partial charge is 0.334 e. The summed E-state index contributed by atoms with van der Waals surface area (Å²) in [7, 11) is 0. The highest BCUT2D eigenvalue weighted by Crippen LogP contribution is 2.30. The number of aromatic amines is 1. The fourth-order valence-corrected chi connectivity index (χ4v) is 3.17. The largest absolute Gasteiger partial charge is 0.479 e. The van der Waals surface area contributed by atoms with Crippen LogP contribution in [-0.2, 0) is 22.4 Å². The number of aromatic nitrogens is 2. The number of carboxylic acids is 1. The van der Waals surface area contributed by atoms with E-state index in [2.05, 4.69) is 22.0 Å². The highest BCUT2D eigenvalue weighted by molar-refractivity contribution is 5.72. The Bertz CT molecular complexity index is 473. The van der Waals surface area contributed by atoms with E-state index >= 15 is 0 Å². The van der Waals surface area contributed by atoms with Gasteiger partial charge in [0.05, 0.1) is 12.3 Å². The molecule has 0 spiro atoms. The number of aliphatic carboxylic acids is 1. The Kier molecular flexibility index (Phi) is 3.28. The molecule has 104 valence electrons. The summed E-state index contributed by atoms with van der Waals surface area (Å²) in [6.07, 6.45) is 3.76. The van der Waals surface area contributed by atoms with Gasteiger partial charge < -0.3 is 9.84 Å². The molecule has 1 aromatic heterocycles. The lowest BCUT2D eigenvalue weighted by molar-refractivity contribution is -0.172. The molecule has 0 saturated carbocycles. The predicted molar refractivity (Wildman–Crippen MR) is 67.9 cm³/mol. The predicted octanol–water partition coefficient (Wildman–Crippen LogP) is 0.441. The van der Waals surface area contributed by atoms with Crippen molar-refractivity contribution in [3.63, 3.8) is 0 Å². The maximum atomic E-state index is 11.2. The molecule has 3 rings (SSSR count). The molecule has 1 saturated heterocycles. The van der Waals surface area contributed by atoms with Gasteiger partial charge in [-0.2, -0.15) is 5.10 Å². The van der Waals surface area contributed by atoms with E-state index in [0.717, 1.165) is 31.5 Å². The minimum absolute atomic E-state index is 0.0469. The van der Waals surface area contributed by atoms with Gasteiger partial charge in [-0.15, -0.1) is 0 Å². The number of ether oxygens (including phenoxy) is 1. The number of carboxylic acid groups (broad SMARTS) is 1. The van der Waals surface area contributed by atoms with Crippen LogP contribution in [0.4, 0.5) is 0 Å². The zero-order chi connectivity index (χ0) is 13.4. The zero-order valence-electron chi connectivity index (χ0n) is 11.0. The molecule has 0 radical (unpaired) electrons. The van der Waals surface area contributed by atoms with E-state index in [4.69, 9.17) is 4.74 Å². The van der Waals surface area contributed by atoms with E-state index in [-0.39, 0.29) is 12.1 Å². The lowest BCUT2D eigenvalue weighted by atomic mass is 9.88. The van der Waals surface area contributed by atoms with Crippen molar-refractivity contribution in [2.45, 2.75) is 44.4 Å². The SMILES string of the molecule is CCCN1C[C@H](C(=O)O)O[C@@H]2Cc3[nH]ncc3C[C@H]21. The maximum absolute atomic E-state index is 11.2. The number of morpholine rings is 1. The molecule has 3 atom stereocenters. The highest BCUT2D eigenvalue weighted by atomic mass is 16.5. The lowest BCUT2D eigenvalue weighted by Gasteiger charge is -2.45. The second-order valence-electron chi connectivity index (χ2n) is 5.35. The van der Waals surface area contributed by atoms with Gasteiger partial charge in [-0.1, -0.05) is 6.92 Å². The number of rotatable bonds is 3.